The zero-order valence-corrected chi connectivity index (χ0v) is 13.4. The molecule has 120 valence electrons. The molecule has 1 aliphatic carbocycles. The standard InChI is InChI=1S/C19H23N3O/c23-19(21-12-16-8-4-5-9-17(16)13-21)18-10-20-22(14-18)11-15-6-2-1-3-7-15/h1-3,6-7,10,14,16-17H,4-5,8-9,11-13H2/t16-,17-/m0/s1. The largest absolute Gasteiger partial charge is 0.338 e. The fraction of sp³-hybridized carbons (Fsp3) is 0.474. The van der Waals surface area contributed by atoms with Crippen LogP contribution in [0.1, 0.15) is 41.6 Å². The Balaban J connectivity index is 1.43. The van der Waals surface area contributed by atoms with Gasteiger partial charge in [-0.3, -0.25) is 9.48 Å². The van der Waals surface area contributed by atoms with Gasteiger partial charge in [0.2, 0.25) is 0 Å². The lowest BCUT2D eigenvalue weighted by Crippen LogP contribution is -2.28. The molecule has 2 fully saturated rings. The molecule has 1 aromatic carbocycles. The van der Waals surface area contributed by atoms with Gasteiger partial charge < -0.3 is 4.90 Å². The second kappa shape index (κ2) is 6.19. The lowest BCUT2D eigenvalue weighted by atomic mass is 9.82. The summed E-state index contributed by atoms with van der Waals surface area (Å²) in [5, 5.41) is 4.36. The molecular formula is C19H23N3O. The van der Waals surface area contributed by atoms with Gasteiger partial charge in [-0.1, -0.05) is 43.2 Å². The summed E-state index contributed by atoms with van der Waals surface area (Å²) in [6, 6.07) is 10.2. The highest BCUT2D eigenvalue weighted by atomic mass is 16.2. The van der Waals surface area contributed by atoms with Gasteiger partial charge in [0, 0.05) is 19.3 Å². The van der Waals surface area contributed by atoms with Crippen LogP contribution in [0.15, 0.2) is 42.7 Å². The summed E-state index contributed by atoms with van der Waals surface area (Å²) >= 11 is 0. The van der Waals surface area contributed by atoms with Gasteiger partial charge in [0.25, 0.3) is 5.91 Å². The van der Waals surface area contributed by atoms with Gasteiger partial charge in [-0.2, -0.15) is 5.10 Å². The Morgan fingerprint density at radius 2 is 1.78 bits per heavy atom. The fourth-order valence-electron chi connectivity index (χ4n) is 4.09. The zero-order valence-electron chi connectivity index (χ0n) is 13.4. The number of rotatable bonds is 3. The lowest BCUT2D eigenvalue weighted by molar-refractivity contribution is 0.0784. The molecule has 2 heterocycles. The molecule has 1 amide bonds. The Bertz CT molecular complexity index is 665. The highest BCUT2D eigenvalue weighted by Gasteiger charge is 2.36. The van der Waals surface area contributed by atoms with Gasteiger partial charge in [-0.25, -0.2) is 0 Å². The van der Waals surface area contributed by atoms with E-state index >= 15 is 0 Å². The molecular weight excluding hydrogens is 286 g/mol. The minimum absolute atomic E-state index is 0.152. The molecule has 1 saturated carbocycles. The van der Waals surface area contributed by atoms with Crippen molar-refractivity contribution in [1.82, 2.24) is 14.7 Å². The summed E-state index contributed by atoms with van der Waals surface area (Å²) < 4.78 is 1.85. The van der Waals surface area contributed by atoms with E-state index in [0.717, 1.165) is 30.5 Å². The second-order valence-electron chi connectivity index (χ2n) is 6.93. The minimum Gasteiger partial charge on any atom is -0.338 e. The van der Waals surface area contributed by atoms with Crippen molar-refractivity contribution in [3.05, 3.63) is 53.9 Å². The van der Waals surface area contributed by atoms with Gasteiger partial charge in [0.1, 0.15) is 0 Å². The number of likely N-dealkylation sites (tertiary alicyclic amines) is 1. The summed E-state index contributed by atoms with van der Waals surface area (Å²) in [7, 11) is 0. The van der Waals surface area contributed by atoms with Crippen molar-refractivity contribution in [2.75, 3.05) is 13.1 Å². The predicted octanol–water partition coefficient (Wildman–Crippen LogP) is 3.19. The van der Waals surface area contributed by atoms with E-state index < -0.39 is 0 Å². The van der Waals surface area contributed by atoms with Crippen LogP contribution in [0.4, 0.5) is 0 Å². The molecule has 0 bridgehead atoms. The molecule has 0 spiro atoms. The molecule has 0 N–H and O–H groups in total. The maximum atomic E-state index is 12.7. The number of carbonyl (C=O) groups excluding carboxylic acids is 1. The van der Waals surface area contributed by atoms with Crippen molar-refractivity contribution in [1.29, 1.82) is 0 Å². The van der Waals surface area contributed by atoms with Crippen molar-refractivity contribution in [2.24, 2.45) is 11.8 Å². The van der Waals surface area contributed by atoms with Crippen LogP contribution in [0.25, 0.3) is 0 Å². The topological polar surface area (TPSA) is 38.1 Å². The first-order valence-electron chi connectivity index (χ1n) is 8.65. The molecule has 1 saturated heterocycles. The average molecular weight is 309 g/mol. The number of hydrogen-bond donors (Lipinski definition) is 0. The first-order valence-corrected chi connectivity index (χ1v) is 8.65. The van der Waals surface area contributed by atoms with E-state index in [1.165, 1.54) is 31.2 Å². The highest BCUT2D eigenvalue weighted by Crippen LogP contribution is 2.36. The summed E-state index contributed by atoms with van der Waals surface area (Å²) in [4.78, 5) is 14.8. The smallest absolute Gasteiger partial charge is 0.257 e. The molecule has 0 radical (unpaired) electrons. The van der Waals surface area contributed by atoms with Crippen LogP contribution in [0, 0.1) is 11.8 Å². The van der Waals surface area contributed by atoms with Gasteiger partial charge in [-0.05, 0) is 30.2 Å². The van der Waals surface area contributed by atoms with Crippen LogP contribution >= 0.6 is 0 Å². The third kappa shape index (κ3) is 3.03. The van der Waals surface area contributed by atoms with Gasteiger partial charge in [-0.15, -0.1) is 0 Å². The van der Waals surface area contributed by atoms with E-state index in [1.807, 2.05) is 34.0 Å². The first-order chi connectivity index (χ1) is 11.3. The van der Waals surface area contributed by atoms with Crippen LogP contribution in [0.5, 0.6) is 0 Å². The number of aromatic nitrogens is 2. The number of carbonyl (C=O) groups is 1. The third-order valence-corrected chi connectivity index (χ3v) is 5.33. The molecule has 23 heavy (non-hydrogen) atoms. The van der Waals surface area contributed by atoms with Gasteiger partial charge in [0.15, 0.2) is 0 Å². The molecule has 4 nitrogen and oxygen atoms in total. The number of fused-ring (bicyclic) bond motifs is 1. The summed E-state index contributed by atoms with van der Waals surface area (Å²) in [5.41, 5.74) is 1.92. The third-order valence-electron chi connectivity index (χ3n) is 5.33. The molecule has 1 aromatic heterocycles. The zero-order chi connectivity index (χ0) is 15.6. The highest BCUT2D eigenvalue weighted by molar-refractivity contribution is 5.93. The minimum atomic E-state index is 0.152. The van der Waals surface area contributed by atoms with Crippen molar-refractivity contribution in [3.63, 3.8) is 0 Å². The lowest BCUT2D eigenvalue weighted by Gasteiger charge is -2.22. The summed E-state index contributed by atoms with van der Waals surface area (Å²) in [6.07, 6.45) is 8.85. The SMILES string of the molecule is O=C(c1cnn(Cc2ccccc2)c1)N1C[C@@H]2CCCC[C@H]2C1. The Kier molecular flexibility index (Phi) is 3.90. The van der Waals surface area contributed by atoms with Crippen LogP contribution in [0.2, 0.25) is 0 Å². The van der Waals surface area contributed by atoms with E-state index in [9.17, 15) is 4.79 Å². The Morgan fingerprint density at radius 1 is 1.09 bits per heavy atom. The predicted molar refractivity (Wildman–Crippen MR) is 89.1 cm³/mol. The number of benzene rings is 1. The van der Waals surface area contributed by atoms with Gasteiger partial charge in [0.05, 0.1) is 18.3 Å². The monoisotopic (exact) mass is 309 g/mol. The normalized spacial score (nSPS) is 23.7. The molecule has 0 unspecified atom stereocenters. The molecule has 1 aliphatic heterocycles. The molecule has 2 aliphatic rings. The second-order valence-corrected chi connectivity index (χ2v) is 6.93. The van der Waals surface area contributed by atoms with E-state index in [1.54, 1.807) is 6.20 Å². The van der Waals surface area contributed by atoms with Crippen LogP contribution in [-0.2, 0) is 6.54 Å². The summed E-state index contributed by atoms with van der Waals surface area (Å²) in [5.74, 6) is 1.61. The Hall–Kier alpha value is -2.10. The van der Waals surface area contributed by atoms with E-state index in [-0.39, 0.29) is 5.91 Å². The number of amides is 1. The van der Waals surface area contributed by atoms with Crippen molar-refractivity contribution >= 4 is 5.91 Å². The van der Waals surface area contributed by atoms with Crippen molar-refractivity contribution < 1.29 is 4.79 Å². The number of nitrogens with zero attached hydrogens (tertiary/aromatic N) is 3. The maximum Gasteiger partial charge on any atom is 0.257 e. The fourth-order valence-corrected chi connectivity index (χ4v) is 4.09. The summed E-state index contributed by atoms with van der Waals surface area (Å²) in [6.45, 7) is 2.58. The molecule has 2 aromatic rings. The quantitative estimate of drug-likeness (QED) is 0.873. The Morgan fingerprint density at radius 3 is 2.48 bits per heavy atom. The van der Waals surface area contributed by atoms with Crippen molar-refractivity contribution in [2.45, 2.75) is 32.2 Å². The van der Waals surface area contributed by atoms with Crippen LogP contribution in [0.3, 0.4) is 0 Å². The maximum absolute atomic E-state index is 12.7. The molecule has 4 heteroatoms. The van der Waals surface area contributed by atoms with Crippen LogP contribution < -0.4 is 0 Å². The molecule has 4 rings (SSSR count). The molecule has 2 atom stereocenters. The van der Waals surface area contributed by atoms with E-state index in [0.29, 0.717) is 6.54 Å². The van der Waals surface area contributed by atoms with E-state index in [4.69, 9.17) is 0 Å². The van der Waals surface area contributed by atoms with Crippen molar-refractivity contribution in [3.8, 4) is 0 Å². The Labute approximate surface area is 137 Å². The van der Waals surface area contributed by atoms with E-state index in [2.05, 4.69) is 17.2 Å². The first kappa shape index (κ1) is 14.5. The van der Waals surface area contributed by atoms with Gasteiger partial charge >= 0.3 is 0 Å². The number of hydrogen-bond acceptors (Lipinski definition) is 2. The average Bonchev–Trinajstić information content (AvgIpc) is 3.21. The van der Waals surface area contributed by atoms with Crippen LogP contribution in [-0.4, -0.2) is 33.7 Å².